The monoisotopic (exact) mass is 361 g/mol. The van der Waals surface area contributed by atoms with E-state index in [-0.39, 0.29) is 16.8 Å². The first-order valence-electron chi connectivity index (χ1n) is 5.36. The van der Waals surface area contributed by atoms with Crippen molar-refractivity contribution in [2.75, 3.05) is 5.75 Å². The standard InChI is InChI=1S/C11H9BrFN3O3S/c12-5-1-8-7(2-6(5)13)15-11(20-4-10(18)19)16(8)3-9(14)17/h1-2H,3-4H2,(H2,14,17)(H,18,19). The molecule has 0 unspecified atom stereocenters. The van der Waals surface area contributed by atoms with E-state index in [1.807, 2.05) is 0 Å². The molecule has 0 aliphatic heterocycles. The number of amides is 1. The van der Waals surface area contributed by atoms with Crippen LogP contribution in [-0.2, 0) is 16.1 Å². The summed E-state index contributed by atoms with van der Waals surface area (Å²) >= 11 is 4.00. The summed E-state index contributed by atoms with van der Waals surface area (Å²) in [4.78, 5) is 25.9. The lowest BCUT2D eigenvalue weighted by molar-refractivity contribution is -0.133. The third-order valence-electron chi connectivity index (χ3n) is 2.39. The van der Waals surface area contributed by atoms with E-state index in [9.17, 15) is 14.0 Å². The van der Waals surface area contributed by atoms with Gasteiger partial charge in [0.15, 0.2) is 5.16 Å². The second-order valence-electron chi connectivity index (χ2n) is 3.88. The lowest BCUT2D eigenvalue weighted by atomic mass is 10.3. The third kappa shape index (κ3) is 3.10. The van der Waals surface area contributed by atoms with Gasteiger partial charge in [-0.05, 0) is 22.0 Å². The molecule has 0 radical (unpaired) electrons. The summed E-state index contributed by atoms with van der Waals surface area (Å²) in [6.45, 7) is -0.156. The van der Waals surface area contributed by atoms with E-state index >= 15 is 0 Å². The molecule has 6 nitrogen and oxygen atoms in total. The van der Waals surface area contributed by atoms with Gasteiger partial charge >= 0.3 is 5.97 Å². The molecule has 3 N–H and O–H groups in total. The van der Waals surface area contributed by atoms with Crippen molar-refractivity contribution in [1.29, 1.82) is 0 Å². The summed E-state index contributed by atoms with van der Waals surface area (Å²) in [5.74, 6) is -2.32. The highest BCUT2D eigenvalue weighted by Gasteiger charge is 2.16. The second-order valence-corrected chi connectivity index (χ2v) is 5.68. The van der Waals surface area contributed by atoms with Crippen LogP contribution in [0.1, 0.15) is 0 Å². The van der Waals surface area contributed by atoms with Gasteiger partial charge in [-0.2, -0.15) is 0 Å². The van der Waals surface area contributed by atoms with Crippen molar-refractivity contribution in [2.45, 2.75) is 11.7 Å². The van der Waals surface area contributed by atoms with E-state index < -0.39 is 17.7 Å². The topological polar surface area (TPSA) is 98.2 Å². The maximum Gasteiger partial charge on any atom is 0.313 e. The van der Waals surface area contributed by atoms with Gasteiger partial charge in [-0.3, -0.25) is 9.59 Å². The number of carbonyl (C=O) groups is 2. The maximum atomic E-state index is 13.5. The summed E-state index contributed by atoms with van der Waals surface area (Å²) in [7, 11) is 0. The number of aliphatic carboxylic acids is 1. The van der Waals surface area contributed by atoms with Crippen molar-refractivity contribution in [1.82, 2.24) is 9.55 Å². The van der Waals surface area contributed by atoms with Crippen LogP contribution in [0.15, 0.2) is 21.8 Å². The van der Waals surface area contributed by atoms with Crippen LogP contribution in [0.25, 0.3) is 11.0 Å². The number of carboxylic acids is 1. The van der Waals surface area contributed by atoms with E-state index in [0.29, 0.717) is 16.2 Å². The summed E-state index contributed by atoms with van der Waals surface area (Å²) in [5, 5.41) is 9.00. The van der Waals surface area contributed by atoms with Gasteiger partial charge in [0, 0.05) is 6.07 Å². The summed E-state index contributed by atoms with van der Waals surface area (Å²) < 4.78 is 15.2. The zero-order valence-corrected chi connectivity index (χ0v) is 12.4. The number of nitrogens with zero attached hydrogens (tertiary/aromatic N) is 2. The molecular weight excluding hydrogens is 353 g/mol. The number of hydrogen-bond acceptors (Lipinski definition) is 4. The van der Waals surface area contributed by atoms with Gasteiger partial charge in [0.05, 0.1) is 21.3 Å². The Bertz CT molecular complexity index is 704. The first-order valence-corrected chi connectivity index (χ1v) is 7.14. The highest BCUT2D eigenvalue weighted by atomic mass is 79.9. The van der Waals surface area contributed by atoms with Gasteiger partial charge in [-0.1, -0.05) is 11.8 Å². The molecule has 0 atom stereocenters. The minimum Gasteiger partial charge on any atom is -0.481 e. The fourth-order valence-corrected chi connectivity index (χ4v) is 2.71. The number of carboxylic acid groups (broad SMARTS) is 1. The van der Waals surface area contributed by atoms with Crippen LogP contribution in [0.3, 0.4) is 0 Å². The Balaban J connectivity index is 2.54. The first-order chi connectivity index (χ1) is 9.38. The number of rotatable bonds is 5. The van der Waals surface area contributed by atoms with Gasteiger partial charge in [0.25, 0.3) is 0 Å². The summed E-state index contributed by atoms with van der Waals surface area (Å²) in [6, 6.07) is 2.69. The molecule has 0 saturated carbocycles. The number of fused-ring (bicyclic) bond motifs is 1. The number of aromatic nitrogens is 2. The molecule has 0 aliphatic carbocycles. The second kappa shape index (κ2) is 5.80. The summed E-state index contributed by atoms with van der Waals surface area (Å²) in [5.41, 5.74) is 6.01. The van der Waals surface area contributed by atoms with E-state index in [0.717, 1.165) is 11.8 Å². The lowest BCUT2D eigenvalue weighted by Crippen LogP contribution is -2.19. The predicted octanol–water partition coefficient (Wildman–Crippen LogP) is 1.60. The number of imidazole rings is 1. The number of primary amides is 1. The minimum atomic E-state index is -1.01. The molecule has 0 spiro atoms. The van der Waals surface area contributed by atoms with Gasteiger partial charge in [0.2, 0.25) is 5.91 Å². The molecule has 0 saturated heterocycles. The smallest absolute Gasteiger partial charge is 0.313 e. The van der Waals surface area contributed by atoms with Crippen molar-refractivity contribution in [3.05, 3.63) is 22.4 Å². The Hall–Kier alpha value is -1.61. The third-order valence-corrected chi connectivity index (χ3v) is 3.96. The Morgan fingerprint density at radius 2 is 2.20 bits per heavy atom. The Labute approximate surface area is 125 Å². The van der Waals surface area contributed by atoms with Crippen LogP contribution in [0.5, 0.6) is 0 Å². The fourth-order valence-electron chi connectivity index (χ4n) is 1.64. The van der Waals surface area contributed by atoms with Gasteiger partial charge < -0.3 is 15.4 Å². The molecule has 0 aliphatic rings. The first kappa shape index (κ1) is 14.8. The molecule has 2 rings (SSSR count). The van der Waals surface area contributed by atoms with Gasteiger partial charge in [-0.25, -0.2) is 9.37 Å². The quantitative estimate of drug-likeness (QED) is 0.788. The number of nitrogens with two attached hydrogens (primary N) is 1. The SMILES string of the molecule is NC(=O)Cn1c(SCC(=O)O)nc2cc(F)c(Br)cc21. The molecule has 2 aromatic rings. The summed E-state index contributed by atoms with van der Waals surface area (Å²) in [6.07, 6.45) is 0. The molecule has 9 heteroatoms. The highest BCUT2D eigenvalue weighted by Crippen LogP contribution is 2.28. The zero-order chi connectivity index (χ0) is 14.9. The molecule has 1 heterocycles. The van der Waals surface area contributed by atoms with Crippen LogP contribution in [0.4, 0.5) is 4.39 Å². The lowest BCUT2D eigenvalue weighted by Gasteiger charge is -2.05. The largest absolute Gasteiger partial charge is 0.481 e. The normalized spacial score (nSPS) is 10.9. The molecule has 1 aromatic carbocycles. The van der Waals surface area contributed by atoms with Crippen LogP contribution in [0.2, 0.25) is 0 Å². The van der Waals surface area contributed by atoms with E-state index in [1.54, 1.807) is 0 Å². The molecule has 1 aromatic heterocycles. The molecule has 1 amide bonds. The highest BCUT2D eigenvalue weighted by molar-refractivity contribution is 9.10. The van der Waals surface area contributed by atoms with E-state index in [4.69, 9.17) is 10.8 Å². The Morgan fingerprint density at radius 1 is 1.50 bits per heavy atom. The fraction of sp³-hybridized carbons (Fsp3) is 0.182. The maximum absolute atomic E-state index is 13.5. The average Bonchev–Trinajstić information content (AvgIpc) is 2.65. The van der Waals surface area contributed by atoms with Crippen molar-refractivity contribution in [3.8, 4) is 0 Å². The Kier molecular flexibility index (Phi) is 4.29. The number of thioether (sulfide) groups is 1. The molecule has 0 bridgehead atoms. The molecular formula is C11H9BrFN3O3S. The number of hydrogen-bond donors (Lipinski definition) is 2. The van der Waals surface area contributed by atoms with Crippen molar-refractivity contribution in [3.63, 3.8) is 0 Å². The average molecular weight is 362 g/mol. The molecule has 20 heavy (non-hydrogen) atoms. The number of benzene rings is 1. The van der Waals surface area contributed by atoms with Crippen molar-refractivity contribution < 1.29 is 19.1 Å². The minimum absolute atomic E-state index is 0.156. The van der Waals surface area contributed by atoms with Crippen LogP contribution >= 0.6 is 27.7 Å². The van der Waals surface area contributed by atoms with E-state index in [2.05, 4.69) is 20.9 Å². The Morgan fingerprint density at radius 3 is 2.80 bits per heavy atom. The van der Waals surface area contributed by atoms with Crippen molar-refractivity contribution in [2.24, 2.45) is 5.73 Å². The number of halogens is 2. The zero-order valence-electron chi connectivity index (χ0n) is 9.97. The van der Waals surface area contributed by atoms with Gasteiger partial charge in [-0.15, -0.1) is 0 Å². The van der Waals surface area contributed by atoms with Crippen molar-refractivity contribution >= 4 is 50.6 Å². The molecule has 0 fully saturated rings. The van der Waals surface area contributed by atoms with Crippen LogP contribution < -0.4 is 5.73 Å². The molecule has 106 valence electrons. The van der Waals surface area contributed by atoms with Crippen LogP contribution in [0, 0.1) is 5.82 Å². The predicted molar refractivity (Wildman–Crippen MR) is 74.9 cm³/mol. The van der Waals surface area contributed by atoms with Crippen LogP contribution in [-0.4, -0.2) is 32.3 Å². The van der Waals surface area contributed by atoms with Gasteiger partial charge in [0.1, 0.15) is 12.4 Å². The van der Waals surface area contributed by atoms with E-state index in [1.165, 1.54) is 16.7 Å². The number of carbonyl (C=O) groups excluding carboxylic acids is 1.